The van der Waals surface area contributed by atoms with E-state index in [-0.39, 0.29) is 5.82 Å². The lowest BCUT2D eigenvalue weighted by Crippen LogP contribution is -1.99. The average molecular weight is 269 g/mol. The number of aromatic nitrogens is 1. The van der Waals surface area contributed by atoms with Crippen molar-refractivity contribution < 1.29 is 9.47 Å². The molecule has 20 heavy (non-hydrogen) atoms. The third-order valence-corrected chi connectivity index (χ3v) is 3.09. The van der Waals surface area contributed by atoms with Gasteiger partial charge in [-0.3, -0.25) is 0 Å². The van der Waals surface area contributed by atoms with Crippen molar-refractivity contribution in [1.29, 1.82) is 5.26 Å². The van der Waals surface area contributed by atoms with Crippen LogP contribution in [-0.2, 0) is 0 Å². The smallest absolute Gasteiger partial charge is 0.141 e. The zero-order chi connectivity index (χ0) is 14.7. The molecule has 0 amide bonds. The van der Waals surface area contributed by atoms with Gasteiger partial charge in [0.1, 0.15) is 28.9 Å². The maximum absolute atomic E-state index is 9.28. The first kappa shape index (κ1) is 13.7. The molecular weight excluding hydrogens is 254 g/mol. The van der Waals surface area contributed by atoms with Crippen LogP contribution >= 0.6 is 0 Å². The number of nitrogens with zero attached hydrogens (tertiary/aromatic N) is 2. The summed E-state index contributed by atoms with van der Waals surface area (Å²) in [6.07, 6.45) is 1.58. The molecule has 1 aromatic carbocycles. The van der Waals surface area contributed by atoms with Crippen LogP contribution in [0.1, 0.15) is 11.1 Å². The summed E-state index contributed by atoms with van der Waals surface area (Å²) in [4.78, 5) is 3.94. The number of nitriles is 1. The number of pyridine rings is 1. The normalized spacial score (nSPS) is 9.90. The molecule has 0 unspecified atom stereocenters. The molecule has 1 aromatic heterocycles. The van der Waals surface area contributed by atoms with Crippen molar-refractivity contribution in [3.05, 3.63) is 35.5 Å². The predicted octanol–water partition coefficient (Wildman–Crippen LogP) is 2.53. The Morgan fingerprint density at radius 2 is 2.00 bits per heavy atom. The fraction of sp³-hybridized carbons (Fsp3) is 0.200. The molecule has 0 aliphatic heterocycles. The maximum Gasteiger partial charge on any atom is 0.141 e. The molecule has 0 saturated heterocycles. The van der Waals surface area contributed by atoms with Crippen molar-refractivity contribution in [2.24, 2.45) is 0 Å². The largest absolute Gasteiger partial charge is 0.497 e. The molecule has 0 radical (unpaired) electrons. The van der Waals surface area contributed by atoms with Crippen molar-refractivity contribution in [2.45, 2.75) is 6.92 Å². The molecule has 1 heterocycles. The SMILES string of the molecule is COc1cc(C)c(-c2ccnc(N)c2C#N)c(OC)c1. The standard InChI is InChI=1S/C15H15N3O2/c1-9-6-10(19-2)7-13(20-3)14(9)11-4-5-18-15(17)12(11)8-16/h4-7H,1-3H3,(H2,17,18). The van der Waals surface area contributed by atoms with E-state index in [2.05, 4.69) is 11.1 Å². The lowest BCUT2D eigenvalue weighted by Gasteiger charge is -2.15. The average Bonchev–Trinajstić information content (AvgIpc) is 2.46. The van der Waals surface area contributed by atoms with Crippen LogP contribution in [0.25, 0.3) is 11.1 Å². The second kappa shape index (κ2) is 5.49. The van der Waals surface area contributed by atoms with Crippen LogP contribution in [0.3, 0.4) is 0 Å². The molecule has 0 saturated carbocycles. The first-order valence-electron chi connectivity index (χ1n) is 6.00. The summed E-state index contributed by atoms with van der Waals surface area (Å²) in [6, 6.07) is 7.51. The Balaban J connectivity index is 2.77. The van der Waals surface area contributed by atoms with Gasteiger partial charge in [0.05, 0.1) is 14.2 Å². The Hall–Kier alpha value is -2.74. The molecule has 0 fully saturated rings. The fourth-order valence-corrected chi connectivity index (χ4v) is 2.15. The number of nitrogens with two attached hydrogens (primary N) is 1. The van der Waals surface area contributed by atoms with Gasteiger partial charge in [0.15, 0.2) is 0 Å². The Bertz CT molecular complexity index is 690. The highest BCUT2D eigenvalue weighted by molar-refractivity contribution is 5.82. The van der Waals surface area contributed by atoms with Gasteiger partial charge in [0, 0.05) is 23.4 Å². The minimum absolute atomic E-state index is 0.210. The van der Waals surface area contributed by atoms with Crippen LogP contribution in [0.4, 0.5) is 5.82 Å². The number of hydrogen-bond acceptors (Lipinski definition) is 5. The Morgan fingerprint density at radius 3 is 2.60 bits per heavy atom. The molecule has 102 valence electrons. The molecule has 0 aliphatic rings. The third-order valence-electron chi connectivity index (χ3n) is 3.09. The first-order chi connectivity index (χ1) is 9.62. The Morgan fingerprint density at radius 1 is 1.25 bits per heavy atom. The van der Waals surface area contributed by atoms with Gasteiger partial charge in [-0.2, -0.15) is 5.26 Å². The molecule has 0 aliphatic carbocycles. The van der Waals surface area contributed by atoms with Crippen molar-refractivity contribution in [3.8, 4) is 28.7 Å². The number of hydrogen-bond donors (Lipinski definition) is 1. The second-order valence-electron chi connectivity index (χ2n) is 4.25. The lowest BCUT2D eigenvalue weighted by atomic mass is 9.96. The summed E-state index contributed by atoms with van der Waals surface area (Å²) < 4.78 is 10.6. The monoisotopic (exact) mass is 269 g/mol. The van der Waals surface area contributed by atoms with Crippen molar-refractivity contribution in [2.75, 3.05) is 20.0 Å². The number of nitrogen functional groups attached to an aromatic ring is 1. The van der Waals surface area contributed by atoms with Gasteiger partial charge < -0.3 is 15.2 Å². The molecule has 0 atom stereocenters. The Kier molecular flexibility index (Phi) is 3.76. The summed E-state index contributed by atoms with van der Waals surface area (Å²) in [5.74, 6) is 1.54. The van der Waals surface area contributed by atoms with E-state index in [1.54, 1.807) is 32.5 Å². The van der Waals surface area contributed by atoms with Gasteiger partial charge >= 0.3 is 0 Å². The van der Waals surface area contributed by atoms with Gasteiger partial charge in [0.25, 0.3) is 0 Å². The van der Waals surface area contributed by atoms with Crippen LogP contribution < -0.4 is 15.2 Å². The molecule has 2 rings (SSSR count). The van der Waals surface area contributed by atoms with Crippen molar-refractivity contribution in [3.63, 3.8) is 0 Å². The van der Waals surface area contributed by atoms with E-state index in [0.717, 1.165) is 11.1 Å². The van der Waals surface area contributed by atoms with Gasteiger partial charge in [0.2, 0.25) is 0 Å². The second-order valence-corrected chi connectivity index (χ2v) is 4.25. The molecule has 5 nitrogen and oxygen atoms in total. The topological polar surface area (TPSA) is 81.2 Å². The highest BCUT2D eigenvalue weighted by Gasteiger charge is 2.17. The third kappa shape index (κ3) is 2.24. The zero-order valence-electron chi connectivity index (χ0n) is 11.6. The van der Waals surface area contributed by atoms with Crippen LogP contribution in [0.2, 0.25) is 0 Å². The van der Waals surface area contributed by atoms with E-state index in [1.165, 1.54) is 0 Å². The van der Waals surface area contributed by atoms with E-state index < -0.39 is 0 Å². The summed E-state index contributed by atoms with van der Waals surface area (Å²) in [6.45, 7) is 1.93. The van der Waals surface area contributed by atoms with E-state index in [4.69, 9.17) is 15.2 Å². The van der Waals surface area contributed by atoms with Gasteiger partial charge in [-0.25, -0.2) is 4.98 Å². The maximum atomic E-state index is 9.28. The number of rotatable bonds is 3. The summed E-state index contributed by atoms with van der Waals surface area (Å²) >= 11 is 0. The lowest BCUT2D eigenvalue weighted by molar-refractivity contribution is 0.395. The van der Waals surface area contributed by atoms with Crippen LogP contribution in [0.5, 0.6) is 11.5 Å². The van der Waals surface area contributed by atoms with E-state index in [0.29, 0.717) is 22.6 Å². The molecule has 0 bridgehead atoms. The number of ether oxygens (including phenoxy) is 2. The number of benzene rings is 1. The molecule has 2 aromatic rings. The zero-order valence-corrected chi connectivity index (χ0v) is 11.6. The number of methoxy groups -OCH3 is 2. The quantitative estimate of drug-likeness (QED) is 0.926. The molecule has 0 spiro atoms. The molecule has 5 heteroatoms. The summed E-state index contributed by atoms with van der Waals surface area (Å²) in [5.41, 5.74) is 8.57. The molecule has 2 N–H and O–H groups in total. The highest BCUT2D eigenvalue weighted by Crippen LogP contribution is 2.38. The van der Waals surface area contributed by atoms with Crippen molar-refractivity contribution in [1.82, 2.24) is 4.98 Å². The minimum atomic E-state index is 0.210. The summed E-state index contributed by atoms with van der Waals surface area (Å²) in [7, 11) is 3.17. The summed E-state index contributed by atoms with van der Waals surface area (Å²) in [5, 5.41) is 9.28. The predicted molar refractivity (Wildman–Crippen MR) is 76.6 cm³/mol. The van der Waals surface area contributed by atoms with Gasteiger partial charge in [-0.15, -0.1) is 0 Å². The highest BCUT2D eigenvalue weighted by atomic mass is 16.5. The van der Waals surface area contributed by atoms with E-state index in [1.807, 2.05) is 13.0 Å². The van der Waals surface area contributed by atoms with Crippen LogP contribution in [0.15, 0.2) is 24.4 Å². The van der Waals surface area contributed by atoms with Crippen LogP contribution in [-0.4, -0.2) is 19.2 Å². The molecular formula is C15H15N3O2. The number of aryl methyl sites for hydroxylation is 1. The van der Waals surface area contributed by atoms with Crippen molar-refractivity contribution >= 4 is 5.82 Å². The van der Waals surface area contributed by atoms with E-state index in [9.17, 15) is 5.26 Å². The minimum Gasteiger partial charge on any atom is -0.497 e. The number of anilines is 1. The van der Waals surface area contributed by atoms with E-state index >= 15 is 0 Å². The fourth-order valence-electron chi connectivity index (χ4n) is 2.15. The van der Waals surface area contributed by atoms with Crippen LogP contribution in [0, 0.1) is 18.3 Å². The first-order valence-corrected chi connectivity index (χ1v) is 6.00. The van der Waals surface area contributed by atoms with Gasteiger partial charge in [-0.1, -0.05) is 0 Å². The Labute approximate surface area is 117 Å². The van der Waals surface area contributed by atoms with Gasteiger partial charge in [-0.05, 0) is 24.6 Å².